The summed E-state index contributed by atoms with van der Waals surface area (Å²) in [7, 11) is 0. The lowest BCUT2D eigenvalue weighted by molar-refractivity contribution is -0.116. The Morgan fingerprint density at radius 3 is 2.44 bits per heavy atom. The van der Waals surface area contributed by atoms with E-state index in [0.29, 0.717) is 13.0 Å². The lowest BCUT2D eigenvalue weighted by Crippen LogP contribution is -2.30. The number of benzene rings is 1. The summed E-state index contributed by atoms with van der Waals surface area (Å²) in [6.45, 7) is 1.87. The Balaban J connectivity index is 2.34. The van der Waals surface area contributed by atoms with Gasteiger partial charge in [0.1, 0.15) is 5.78 Å². The van der Waals surface area contributed by atoms with E-state index in [9.17, 15) is 9.59 Å². The summed E-state index contributed by atoms with van der Waals surface area (Å²) in [5, 5.41) is 5.28. The first-order valence-electron chi connectivity index (χ1n) is 4.88. The third-order valence-corrected chi connectivity index (χ3v) is 2.58. The predicted molar refractivity (Wildman–Crippen MR) is 71.5 cm³/mol. The molecule has 0 radical (unpaired) electrons. The smallest absolute Gasteiger partial charge is 0.319 e. The van der Waals surface area contributed by atoms with Crippen molar-refractivity contribution in [3.05, 3.63) is 27.8 Å². The number of rotatable bonds is 4. The second-order valence-corrected chi connectivity index (χ2v) is 4.59. The predicted octanol–water partition coefficient (Wildman–Crippen LogP) is 2.39. The van der Waals surface area contributed by atoms with Crippen molar-refractivity contribution in [1.29, 1.82) is 0 Å². The van der Waals surface area contributed by atoms with Crippen LogP contribution in [0, 0.1) is 3.57 Å². The first-order valence-corrected chi connectivity index (χ1v) is 5.95. The van der Waals surface area contributed by atoms with E-state index in [4.69, 9.17) is 0 Å². The van der Waals surface area contributed by atoms with Gasteiger partial charge in [-0.05, 0) is 53.8 Å². The molecule has 16 heavy (non-hydrogen) atoms. The minimum atomic E-state index is -0.289. The van der Waals surface area contributed by atoms with E-state index in [1.165, 1.54) is 6.92 Å². The van der Waals surface area contributed by atoms with Crippen LogP contribution in [0.25, 0.3) is 0 Å². The minimum Gasteiger partial charge on any atom is -0.337 e. The molecule has 86 valence electrons. The Morgan fingerprint density at radius 2 is 1.88 bits per heavy atom. The van der Waals surface area contributed by atoms with Crippen molar-refractivity contribution in [3.63, 3.8) is 0 Å². The van der Waals surface area contributed by atoms with Crippen LogP contribution in [0.1, 0.15) is 13.3 Å². The van der Waals surface area contributed by atoms with E-state index in [1.807, 2.05) is 24.3 Å². The molecule has 1 rings (SSSR count). The summed E-state index contributed by atoms with van der Waals surface area (Å²) in [5.74, 6) is 0.0644. The highest BCUT2D eigenvalue weighted by Crippen LogP contribution is 2.10. The topological polar surface area (TPSA) is 58.2 Å². The van der Waals surface area contributed by atoms with Crippen LogP contribution in [-0.2, 0) is 4.79 Å². The average molecular weight is 332 g/mol. The second kappa shape index (κ2) is 6.47. The maximum absolute atomic E-state index is 11.3. The molecule has 1 aromatic carbocycles. The van der Waals surface area contributed by atoms with Crippen LogP contribution in [-0.4, -0.2) is 18.4 Å². The standard InChI is InChI=1S/C11H13IN2O2/c1-8(15)6-7-13-11(16)14-10-4-2-9(12)3-5-10/h2-5H,6-7H2,1H3,(H2,13,14,16). The van der Waals surface area contributed by atoms with Crippen molar-refractivity contribution in [2.45, 2.75) is 13.3 Å². The number of hydrogen-bond acceptors (Lipinski definition) is 2. The molecule has 2 N–H and O–H groups in total. The Bertz CT molecular complexity index is 376. The van der Waals surface area contributed by atoms with Crippen molar-refractivity contribution in [2.24, 2.45) is 0 Å². The summed E-state index contributed by atoms with van der Waals surface area (Å²) in [5.41, 5.74) is 0.737. The van der Waals surface area contributed by atoms with E-state index in [-0.39, 0.29) is 11.8 Å². The molecule has 0 unspecified atom stereocenters. The van der Waals surface area contributed by atoms with Gasteiger partial charge in [-0.15, -0.1) is 0 Å². The average Bonchev–Trinajstić information content (AvgIpc) is 2.21. The van der Waals surface area contributed by atoms with Crippen LogP contribution in [0.15, 0.2) is 24.3 Å². The molecular weight excluding hydrogens is 319 g/mol. The third-order valence-electron chi connectivity index (χ3n) is 1.86. The van der Waals surface area contributed by atoms with Gasteiger partial charge >= 0.3 is 6.03 Å². The molecule has 0 aliphatic carbocycles. The second-order valence-electron chi connectivity index (χ2n) is 3.34. The van der Waals surface area contributed by atoms with Crippen LogP contribution in [0.5, 0.6) is 0 Å². The number of hydrogen-bond donors (Lipinski definition) is 2. The molecule has 4 nitrogen and oxygen atoms in total. The van der Waals surface area contributed by atoms with Gasteiger partial charge in [0.15, 0.2) is 0 Å². The molecule has 2 amide bonds. The van der Waals surface area contributed by atoms with Crippen molar-refractivity contribution in [3.8, 4) is 0 Å². The molecule has 0 aliphatic rings. The molecular formula is C11H13IN2O2. The molecule has 0 heterocycles. The van der Waals surface area contributed by atoms with Crippen molar-refractivity contribution >= 4 is 40.1 Å². The van der Waals surface area contributed by atoms with E-state index in [1.54, 1.807) is 0 Å². The van der Waals surface area contributed by atoms with Gasteiger partial charge in [-0.25, -0.2) is 4.79 Å². The lowest BCUT2D eigenvalue weighted by atomic mass is 10.3. The summed E-state index contributed by atoms with van der Waals surface area (Å²) in [4.78, 5) is 22.0. The zero-order valence-corrected chi connectivity index (χ0v) is 11.1. The van der Waals surface area contributed by atoms with Crippen LogP contribution in [0.4, 0.5) is 10.5 Å². The van der Waals surface area contributed by atoms with Gasteiger partial charge in [0.05, 0.1) is 0 Å². The van der Waals surface area contributed by atoms with Gasteiger partial charge < -0.3 is 10.6 Å². The van der Waals surface area contributed by atoms with Crippen molar-refractivity contribution in [1.82, 2.24) is 5.32 Å². The Hall–Kier alpha value is -1.11. The Morgan fingerprint density at radius 1 is 1.25 bits per heavy atom. The highest BCUT2D eigenvalue weighted by atomic mass is 127. The lowest BCUT2D eigenvalue weighted by Gasteiger charge is -2.06. The first-order chi connectivity index (χ1) is 7.58. The fourth-order valence-corrected chi connectivity index (χ4v) is 1.42. The molecule has 1 aromatic rings. The number of halogens is 1. The van der Waals surface area contributed by atoms with Gasteiger partial charge in [-0.2, -0.15) is 0 Å². The van der Waals surface area contributed by atoms with Crippen LogP contribution in [0.3, 0.4) is 0 Å². The third kappa shape index (κ3) is 5.11. The van der Waals surface area contributed by atoms with Gasteiger partial charge in [0, 0.05) is 22.2 Å². The summed E-state index contributed by atoms with van der Waals surface area (Å²) >= 11 is 2.19. The van der Waals surface area contributed by atoms with E-state index in [0.717, 1.165) is 9.26 Å². The van der Waals surface area contributed by atoms with Crippen molar-refractivity contribution < 1.29 is 9.59 Å². The molecule has 0 saturated carbocycles. The number of carbonyl (C=O) groups excluding carboxylic acids is 2. The minimum absolute atomic E-state index is 0.0644. The quantitative estimate of drug-likeness (QED) is 0.832. The molecule has 0 aromatic heterocycles. The van der Waals surface area contributed by atoms with Gasteiger partial charge in [-0.3, -0.25) is 4.79 Å². The number of ketones is 1. The summed E-state index contributed by atoms with van der Waals surface area (Å²) in [6.07, 6.45) is 0.361. The van der Waals surface area contributed by atoms with E-state index >= 15 is 0 Å². The highest BCUT2D eigenvalue weighted by Gasteiger charge is 2.01. The van der Waals surface area contributed by atoms with Crippen LogP contribution < -0.4 is 10.6 Å². The zero-order chi connectivity index (χ0) is 12.0. The summed E-state index contributed by atoms with van der Waals surface area (Å²) in [6, 6.07) is 7.18. The molecule has 0 spiro atoms. The normalized spacial score (nSPS) is 9.62. The van der Waals surface area contributed by atoms with Gasteiger partial charge in [0.25, 0.3) is 0 Å². The molecule has 5 heteroatoms. The molecule has 0 atom stereocenters. The van der Waals surface area contributed by atoms with Crippen molar-refractivity contribution in [2.75, 3.05) is 11.9 Å². The molecule has 0 fully saturated rings. The Labute approximate surface area is 108 Å². The van der Waals surface area contributed by atoms with Gasteiger partial charge in [0.2, 0.25) is 0 Å². The maximum Gasteiger partial charge on any atom is 0.319 e. The number of nitrogens with one attached hydrogen (secondary N) is 2. The molecule has 0 saturated heterocycles. The first kappa shape index (κ1) is 13.0. The number of anilines is 1. The van der Waals surface area contributed by atoms with E-state index in [2.05, 4.69) is 33.2 Å². The van der Waals surface area contributed by atoms with Gasteiger partial charge in [-0.1, -0.05) is 0 Å². The Kier molecular flexibility index (Phi) is 5.24. The van der Waals surface area contributed by atoms with Crippen LogP contribution in [0.2, 0.25) is 0 Å². The van der Waals surface area contributed by atoms with E-state index < -0.39 is 0 Å². The number of Topliss-reactive ketones (excluding diaryl/α,β-unsaturated/α-hetero) is 1. The monoisotopic (exact) mass is 332 g/mol. The SMILES string of the molecule is CC(=O)CCNC(=O)Nc1ccc(I)cc1. The zero-order valence-electron chi connectivity index (χ0n) is 8.92. The molecule has 0 aliphatic heterocycles. The highest BCUT2D eigenvalue weighted by molar-refractivity contribution is 14.1. The number of amides is 2. The fourth-order valence-electron chi connectivity index (χ4n) is 1.06. The number of carbonyl (C=O) groups is 2. The van der Waals surface area contributed by atoms with Crippen LogP contribution >= 0.6 is 22.6 Å². The maximum atomic E-state index is 11.3. The fraction of sp³-hybridized carbons (Fsp3) is 0.273. The largest absolute Gasteiger partial charge is 0.337 e. The summed E-state index contributed by atoms with van der Waals surface area (Å²) < 4.78 is 1.11. The molecule has 0 bridgehead atoms. The number of urea groups is 1.